The average molecular weight is 242 g/mol. The smallest absolute Gasteiger partial charge is 0.0771 e. The van der Waals surface area contributed by atoms with Gasteiger partial charge < -0.3 is 9.84 Å². The van der Waals surface area contributed by atoms with E-state index in [1.54, 1.807) is 0 Å². The number of hydrogen-bond donors (Lipinski definition) is 1. The average Bonchev–Trinajstić information content (AvgIpc) is 2.14. The maximum absolute atomic E-state index is 9.39. The van der Waals surface area contributed by atoms with Crippen molar-refractivity contribution in [3.63, 3.8) is 0 Å². The van der Waals surface area contributed by atoms with Gasteiger partial charge in [-0.15, -0.1) is 6.58 Å². The van der Waals surface area contributed by atoms with Gasteiger partial charge in [-0.05, 0) is 37.5 Å². The molecule has 2 heteroatoms. The van der Waals surface area contributed by atoms with E-state index in [4.69, 9.17) is 4.74 Å². The van der Waals surface area contributed by atoms with Gasteiger partial charge in [-0.1, -0.05) is 33.3 Å². The van der Waals surface area contributed by atoms with Gasteiger partial charge in [-0.3, -0.25) is 0 Å². The SMILES string of the molecule is C=C(C)CC(C)(C)CC(C)COCC(O)CC. The Bertz CT molecular complexity index is 221. The molecular formula is C15H30O2. The number of aliphatic hydroxyl groups excluding tert-OH is 1. The Morgan fingerprint density at radius 3 is 2.41 bits per heavy atom. The van der Waals surface area contributed by atoms with Crippen LogP contribution in [0.5, 0.6) is 0 Å². The highest BCUT2D eigenvalue weighted by Crippen LogP contribution is 2.31. The van der Waals surface area contributed by atoms with E-state index in [-0.39, 0.29) is 11.5 Å². The van der Waals surface area contributed by atoms with Crippen molar-refractivity contribution < 1.29 is 9.84 Å². The number of aliphatic hydroxyl groups is 1. The fourth-order valence-corrected chi connectivity index (χ4v) is 2.41. The first-order valence-corrected chi connectivity index (χ1v) is 6.67. The van der Waals surface area contributed by atoms with E-state index < -0.39 is 0 Å². The van der Waals surface area contributed by atoms with Crippen LogP contribution in [0.1, 0.15) is 53.9 Å². The molecule has 0 aromatic heterocycles. The molecule has 0 amide bonds. The summed E-state index contributed by atoms with van der Waals surface area (Å²) in [6, 6.07) is 0. The van der Waals surface area contributed by atoms with E-state index in [0.29, 0.717) is 12.5 Å². The van der Waals surface area contributed by atoms with Crippen molar-refractivity contribution in [1.29, 1.82) is 0 Å². The van der Waals surface area contributed by atoms with Crippen LogP contribution in [0.3, 0.4) is 0 Å². The highest BCUT2D eigenvalue weighted by atomic mass is 16.5. The summed E-state index contributed by atoms with van der Waals surface area (Å²) in [5.41, 5.74) is 1.53. The van der Waals surface area contributed by atoms with Crippen LogP contribution in [0.2, 0.25) is 0 Å². The Hall–Kier alpha value is -0.340. The van der Waals surface area contributed by atoms with Gasteiger partial charge in [-0.2, -0.15) is 0 Å². The minimum Gasteiger partial charge on any atom is -0.391 e. The molecule has 0 saturated carbocycles. The van der Waals surface area contributed by atoms with E-state index in [9.17, 15) is 5.11 Å². The van der Waals surface area contributed by atoms with Crippen molar-refractivity contribution in [2.45, 2.75) is 60.0 Å². The largest absolute Gasteiger partial charge is 0.391 e. The van der Waals surface area contributed by atoms with Crippen molar-refractivity contribution in [2.24, 2.45) is 11.3 Å². The van der Waals surface area contributed by atoms with Crippen LogP contribution in [0, 0.1) is 11.3 Å². The van der Waals surface area contributed by atoms with Gasteiger partial charge in [0.25, 0.3) is 0 Å². The maximum Gasteiger partial charge on any atom is 0.0771 e. The summed E-state index contributed by atoms with van der Waals surface area (Å²) in [5, 5.41) is 9.39. The summed E-state index contributed by atoms with van der Waals surface area (Å²) in [5.74, 6) is 0.522. The number of allylic oxidation sites excluding steroid dienone is 1. The molecular weight excluding hydrogens is 212 g/mol. The fraction of sp³-hybridized carbons (Fsp3) is 0.867. The van der Waals surface area contributed by atoms with E-state index >= 15 is 0 Å². The van der Waals surface area contributed by atoms with Crippen molar-refractivity contribution in [3.8, 4) is 0 Å². The highest BCUT2D eigenvalue weighted by Gasteiger charge is 2.21. The standard InChI is InChI=1S/C15H30O2/c1-7-14(16)11-17-10-13(4)9-15(5,6)8-12(2)3/h13-14,16H,2,7-11H2,1,3-6H3. The van der Waals surface area contributed by atoms with Crippen LogP contribution in [0.25, 0.3) is 0 Å². The summed E-state index contributed by atoms with van der Waals surface area (Å²) >= 11 is 0. The minimum absolute atomic E-state index is 0.290. The molecule has 0 aliphatic carbocycles. The monoisotopic (exact) mass is 242 g/mol. The lowest BCUT2D eigenvalue weighted by Gasteiger charge is -2.28. The molecule has 2 nitrogen and oxygen atoms in total. The molecule has 0 spiro atoms. The zero-order chi connectivity index (χ0) is 13.5. The Morgan fingerprint density at radius 1 is 1.35 bits per heavy atom. The Balaban J connectivity index is 3.84. The van der Waals surface area contributed by atoms with Crippen molar-refractivity contribution >= 4 is 0 Å². The van der Waals surface area contributed by atoms with E-state index in [2.05, 4.69) is 34.3 Å². The van der Waals surface area contributed by atoms with Gasteiger partial charge >= 0.3 is 0 Å². The lowest BCUT2D eigenvalue weighted by molar-refractivity contribution is 0.0159. The van der Waals surface area contributed by atoms with Gasteiger partial charge in [0.1, 0.15) is 0 Å². The van der Waals surface area contributed by atoms with Gasteiger partial charge in [-0.25, -0.2) is 0 Å². The molecule has 1 N–H and O–H groups in total. The molecule has 0 aliphatic heterocycles. The number of rotatable bonds is 9. The first-order valence-electron chi connectivity index (χ1n) is 6.67. The third-order valence-corrected chi connectivity index (χ3v) is 2.87. The second kappa shape index (κ2) is 7.88. The van der Waals surface area contributed by atoms with E-state index in [1.807, 2.05) is 6.92 Å². The Labute approximate surface area is 107 Å². The highest BCUT2D eigenvalue weighted by molar-refractivity contribution is 4.94. The lowest BCUT2D eigenvalue weighted by Crippen LogP contribution is -2.21. The van der Waals surface area contributed by atoms with Crippen LogP contribution in [0.4, 0.5) is 0 Å². The molecule has 0 radical (unpaired) electrons. The summed E-state index contributed by atoms with van der Waals surface area (Å²) in [4.78, 5) is 0. The lowest BCUT2D eigenvalue weighted by atomic mass is 9.79. The summed E-state index contributed by atoms with van der Waals surface area (Å²) in [6.45, 7) is 16.0. The quantitative estimate of drug-likeness (QED) is 0.623. The molecule has 102 valence electrons. The van der Waals surface area contributed by atoms with Crippen LogP contribution in [-0.4, -0.2) is 24.4 Å². The molecule has 17 heavy (non-hydrogen) atoms. The van der Waals surface area contributed by atoms with Gasteiger partial charge in [0, 0.05) is 6.61 Å². The molecule has 0 fully saturated rings. The Morgan fingerprint density at radius 2 is 1.94 bits per heavy atom. The minimum atomic E-state index is -0.314. The maximum atomic E-state index is 9.39. The summed E-state index contributed by atoms with van der Waals surface area (Å²) < 4.78 is 5.53. The topological polar surface area (TPSA) is 29.5 Å². The van der Waals surface area contributed by atoms with Crippen LogP contribution >= 0.6 is 0 Å². The molecule has 0 bridgehead atoms. The van der Waals surface area contributed by atoms with Gasteiger partial charge in [0.15, 0.2) is 0 Å². The van der Waals surface area contributed by atoms with Gasteiger partial charge in [0.05, 0.1) is 12.7 Å². The molecule has 2 atom stereocenters. The molecule has 2 unspecified atom stereocenters. The first-order chi connectivity index (χ1) is 7.76. The molecule has 0 aromatic rings. The zero-order valence-electron chi connectivity index (χ0n) is 12.3. The van der Waals surface area contributed by atoms with E-state index in [1.165, 1.54) is 5.57 Å². The predicted molar refractivity (Wildman–Crippen MR) is 74.1 cm³/mol. The predicted octanol–water partition coefficient (Wildman–Crippen LogP) is 3.79. The third-order valence-electron chi connectivity index (χ3n) is 2.87. The molecule has 0 rings (SSSR count). The summed E-state index contributed by atoms with van der Waals surface area (Å²) in [7, 11) is 0. The Kier molecular flexibility index (Phi) is 7.73. The van der Waals surface area contributed by atoms with Crippen molar-refractivity contribution in [3.05, 3.63) is 12.2 Å². The van der Waals surface area contributed by atoms with Crippen LogP contribution in [0.15, 0.2) is 12.2 Å². The van der Waals surface area contributed by atoms with Crippen LogP contribution < -0.4 is 0 Å². The molecule has 0 aromatic carbocycles. The summed E-state index contributed by atoms with van der Waals surface area (Å²) in [6.07, 6.45) is 2.64. The first kappa shape index (κ1) is 16.7. The normalized spacial score (nSPS) is 15.6. The number of hydrogen-bond acceptors (Lipinski definition) is 2. The number of ether oxygens (including phenoxy) is 1. The third kappa shape index (κ3) is 9.37. The second-order valence-electron chi connectivity index (χ2n) is 6.21. The molecule has 0 saturated heterocycles. The van der Waals surface area contributed by atoms with Crippen LogP contribution in [-0.2, 0) is 4.74 Å². The van der Waals surface area contributed by atoms with Crippen molar-refractivity contribution in [2.75, 3.05) is 13.2 Å². The van der Waals surface area contributed by atoms with E-state index in [0.717, 1.165) is 25.9 Å². The second-order valence-corrected chi connectivity index (χ2v) is 6.21. The van der Waals surface area contributed by atoms with Crippen molar-refractivity contribution in [1.82, 2.24) is 0 Å². The van der Waals surface area contributed by atoms with Gasteiger partial charge in [0.2, 0.25) is 0 Å². The zero-order valence-corrected chi connectivity index (χ0v) is 12.3. The fourth-order valence-electron chi connectivity index (χ4n) is 2.41. The molecule has 0 heterocycles. The molecule has 0 aliphatic rings.